The van der Waals surface area contributed by atoms with E-state index >= 15 is 0 Å². The van der Waals surface area contributed by atoms with Crippen molar-refractivity contribution in [2.75, 3.05) is 10.6 Å². The molecule has 0 spiro atoms. The molecule has 0 aliphatic heterocycles. The summed E-state index contributed by atoms with van der Waals surface area (Å²) in [6.07, 6.45) is 1.42. The summed E-state index contributed by atoms with van der Waals surface area (Å²) in [7, 11) is 0. The molecule has 0 saturated carbocycles. The van der Waals surface area contributed by atoms with Crippen LogP contribution in [0.2, 0.25) is 10.0 Å². The van der Waals surface area contributed by atoms with E-state index in [-0.39, 0.29) is 17.3 Å². The number of benzene rings is 5. The Morgan fingerprint density at radius 2 is 1.27 bits per heavy atom. The molecule has 0 heterocycles. The summed E-state index contributed by atoms with van der Waals surface area (Å²) >= 11 is 14.0. The molecule has 0 bridgehead atoms. The normalized spacial score (nSPS) is 11.7. The predicted molar refractivity (Wildman–Crippen MR) is 190 cm³/mol. The summed E-state index contributed by atoms with van der Waals surface area (Å²) in [5.74, 6) is -1.43. The van der Waals surface area contributed by atoms with Crippen LogP contribution in [0.5, 0.6) is 0 Å². The summed E-state index contributed by atoms with van der Waals surface area (Å²) in [5, 5.41) is 19.2. The van der Waals surface area contributed by atoms with Crippen LogP contribution in [0.1, 0.15) is 26.7 Å². The smallest absolute Gasteiger partial charge is 0.272 e. The van der Waals surface area contributed by atoms with Crippen molar-refractivity contribution < 1.29 is 19.3 Å². The van der Waals surface area contributed by atoms with Crippen LogP contribution >= 0.6 is 35.0 Å². The first-order valence-corrected chi connectivity index (χ1v) is 16.0. The molecule has 5 aromatic rings. The van der Waals surface area contributed by atoms with E-state index in [0.29, 0.717) is 32.5 Å². The van der Waals surface area contributed by atoms with Gasteiger partial charge in [-0.3, -0.25) is 24.5 Å². The van der Waals surface area contributed by atoms with E-state index in [4.69, 9.17) is 23.2 Å². The second-order valence-electron chi connectivity index (χ2n) is 10.2. The lowest BCUT2D eigenvalue weighted by Crippen LogP contribution is -2.30. The molecule has 240 valence electrons. The first kappa shape index (κ1) is 33.9. The van der Waals surface area contributed by atoms with Gasteiger partial charge in [0.05, 0.1) is 4.92 Å². The van der Waals surface area contributed by atoms with Crippen molar-refractivity contribution in [2.45, 2.75) is 10.1 Å². The van der Waals surface area contributed by atoms with Gasteiger partial charge in [0.15, 0.2) is 0 Å². The number of halogens is 2. The molecule has 12 heteroatoms. The lowest BCUT2D eigenvalue weighted by atomic mass is 10.1. The molecule has 1 atom stereocenters. The van der Waals surface area contributed by atoms with E-state index in [0.717, 1.165) is 10.5 Å². The number of hydrogen-bond acceptors (Lipinski definition) is 6. The minimum Gasteiger partial charge on any atom is -0.325 e. The Bertz CT molecular complexity index is 1950. The third-order valence-electron chi connectivity index (χ3n) is 6.87. The Hall–Kier alpha value is -5.42. The molecule has 3 amide bonds. The van der Waals surface area contributed by atoms with Crippen LogP contribution in [0.25, 0.3) is 6.08 Å². The zero-order valence-electron chi connectivity index (χ0n) is 24.9. The highest BCUT2D eigenvalue weighted by Gasteiger charge is 2.23. The van der Waals surface area contributed by atoms with Crippen LogP contribution in [-0.2, 0) is 9.59 Å². The highest BCUT2D eigenvalue weighted by atomic mass is 35.5. The number of amides is 3. The Balaban J connectivity index is 1.34. The molecule has 0 saturated heterocycles. The van der Waals surface area contributed by atoms with E-state index in [1.54, 1.807) is 72.8 Å². The molecular weight excluding hydrogens is 671 g/mol. The molecule has 9 nitrogen and oxygen atoms in total. The standard InChI is InChI=1S/C36H26Cl2N4O5S/c37-30-12-7-13-31(38)29(30)22-32(41-34(43)24-10-5-2-6-11-24)35(44)39-26-16-20-28(21-17-26)48-33(23-8-3-1-4-9-23)36(45)40-25-14-18-27(19-15-25)42(46)47/h1-22,33H,(H,39,44)(H,40,45)(H,41,43)/b32-22-. The SMILES string of the molecule is O=C(Nc1ccc(SC(C(=O)Nc2ccc([N+](=O)[O-])cc2)c2ccccc2)cc1)/C(=C/c1c(Cl)cccc1Cl)NC(=O)c1ccccc1. The zero-order valence-corrected chi connectivity index (χ0v) is 27.3. The summed E-state index contributed by atoms with van der Waals surface area (Å²) in [6.45, 7) is 0. The maximum atomic E-state index is 13.5. The fourth-order valence-corrected chi connectivity index (χ4v) is 5.99. The van der Waals surface area contributed by atoms with Crippen LogP contribution in [0.15, 0.2) is 138 Å². The molecule has 0 aliphatic rings. The zero-order chi connectivity index (χ0) is 34.0. The minimum absolute atomic E-state index is 0.0793. The molecule has 48 heavy (non-hydrogen) atoms. The Kier molecular flexibility index (Phi) is 11.3. The van der Waals surface area contributed by atoms with Crippen molar-refractivity contribution >= 4 is 75.8 Å². The molecule has 5 rings (SSSR count). The van der Waals surface area contributed by atoms with E-state index in [9.17, 15) is 24.5 Å². The van der Waals surface area contributed by atoms with Crippen LogP contribution in [0.3, 0.4) is 0 Å². The number of carbonyl (C=O) groups excluding carboxylic acids is 3. The lowest BCUT2D eigenvalue weighted by Gasteiger charge is -2.17. The van der Waals surface area contributed by atoms with Crippen molar-refractivity contribution in [3.63, 3.8) is 0 Å². The molecule has 0 fully saturated rings. The van der Waals surface area contributed by atoms with Crippen molar-refractivity contribution in [3.05, 3.63) is 170 Å². The molecular formula is C36H26Cl2N4O5S. The fourth-order valence-electron chi connectivity index (χ4n) is 4.46. The number of nitrogens with one attached hydrogen (secondary N) is 3. The molecule has 3 N–H and O–H groups in total. The number of nitro groups is 1. The van der Waals surface area contributed by atoms with Gasteiger partial charge in [-0.15, -0.1) is 11.8 Å². The number of thioether (sulfide) groups is 1. The summed E-state index contributed by atoms with van der Waals surface area (Å²) in [6, 6.07) is 35.0. The predicted octanol–water partition coefficient (Wildman–Crippen LogP) is 8.78. The molecule has 0 radical (unpaired) electrons. The van der Waals surface area contributed by atoms with Crippen molar-refractivity contribution in [2.24, 2.45) is 0 Å². The quantitative estimate of drug-likeness (QED) is 0.0548. The average molecular weight is 698 g/mol. The van der Waals surface area contributed by atoms with Gasteiger partial charge in [0.1, 0.15) is 10.9 Å². The van der Waals surface area contributed by atoms with Gasteiger partial charge in [-0.25, -0.2) is 0 Å². The van der Waals surface area contributed by atoms with Gasteiger partial charge in [-0.1, -0.05) is 77.8 Å². The molecule has 0 aliphatic carbocycles. The van der Waals surface area contributed by atoms with E-state index in [1.807, 2.05) is 30.3 Å². The minimum atomic E-state index is -0.662. The highest BCUT2D eigenvalue weighted by Crippen LogP contribution is 2.37. The number of hydrogen-bond donors (Lipinski definition) is 3. The summed E-state index contributed by atoms with van der Waals surface area (Å²) < 4.78 is 0. The first-order chi connectivity index (χ1) is 23.2. The molecule has 1 unspecified atom stereocenters. The van der Waals surface area contributed by atoms with E-state index < -0.39 is 22.0 Å². The maximum absolute atomic E-state index is 13.5. The van der Waals surface area contributed by atoms with Crippen molar-refractivity contribution in [1.82, 2.24) is 5.32 Å². The van der Waals surface area contributed by atoms with Crippen molar-refractivity contribution in [3.8, 4) is 0 Å². The van der Waals surface area contributed by atoms with Gasteiger partial charge < -0.3 is 16.0 Å². The van der Waals surface area contributed by atoms with Gasteiger partial charge in [-0.2, -0.15) is 0 Å². The Morgan fingerprint density at radius 1 is 0.708 bits per heavy atom. The molecule has 0 aromatic heterocycles. The Labute approximate surface area is 290 Å². The van der Waals surface area contributed by atoms with Gasteiger partial charge >= 0.3 is 0 Å². The van der Waals surface area contributed by atoms with Crippen LogP contribution < -0.4 is 16.0 Å². The van der Waals surface area contributed by atoms with Gasteiger partial charge in [0.2, 0.25) is 5.91 Å². The van der Waals surface area contributed by atoms with Gasteiger partial charge in [0, 0.05) is 49.6 Å². The third-order valence-corrected chi connectivity index (χ3v) is 8.79. The monoisotopic (exact) mass is 696 g/mol. The topological polar surface area (TPSA) is 130 Å². The lowest BCUT2D eigenvalue weighted by molar-refractivity contribution is -0.384. The van der Waals surface area contributed by atoms with Crippen molar-refractivity contribution in [1.29, 1.82) is 0 Å². The second-order valence-corrected chi connectivity index (χ2v) is 12.2. The van der Waals surface area contributed by atoms with E-state index in [2.05, 4.69) is 16.0 Å². The van der Waals surface area contributed by atoms with Crippen LogP contribution in [0, 0.1) is 10.1 Å². The van der Waals surface area contributed by atoms with Crippen LogP contribution in [0.4, 0.5) is 17.1 Å². The van der Waals surface area contributed by atoms with Gasteiger partial charge in [0.25, 0.3) is 17.5 Å². The summed E-state index contributed by atoms with van der Waals surface area (Å²) in [5.41, 5.74) is 2.17. The summed E-state index contributed by atoms with van der Waals surface area (Å²) in [4.78, 5) is 51.1. The first-order valence-electron chi connectivity index (χ1n) is 14.4. The third kappa shape index (κ3) is 8.89. The number of non-ortho nitro benzene ring substituents is 1. The van der Waals surface area contributed by atoms with Crippen LogP contribution in [-0.4, -0.2) is 22.6 Å². The number of nitro benzene ring substituents is 1. The molecule has 5 aromatic carbocycles. The number of nitrogens with zero attached hydrogens (tertiary/aromatic N) is 1. The average Bonchev–Trinajstić information content (AvgIpc) is 3.10. The highest BCUT2D eigenvalue weighted by molar-refractivity contribution is 8.00. The number of anilines is 2. The number of carbonyl (C=O) groups is 3. The maximum Gasteiger partial charge on any atom is 0.272 e. The number of rotatable bonds is 11. The Morgan fingerprint density at radius 3 is 1.88 bits per heavy atom. The second kappa shape index (κ2) is 15.9. The largest absolute Gasteiger partial charge is 0.325 e. The van der Waals surface area contributed by atoms with Gasteiger partial charge in [-0.05, 0) is 72.3 Å². The fraction of sp³-hybridized carbons (Fsp3) is 0.0278. The van der Waals surface area contributed by atoms with E-state index in [1.165, 1.54) is 42.1 Å².